The normalized spacial score (nSPS) is 11.1. The molecule has 0 bridgehead atoms. The number of thiazole rings is 1. The summed E-state index contributed by atoms with van der Waals surface area (Å²) in [7, 11) is 0. The first kappa shape index (κ1) is 18.3. The van der Waals surface area contributed by atoms with Crippen LogP contribution in [-0.4, -0.2) is 30.3 Å². The van der Waals surface area contributed by atoms with Crippen LogP contribution in [0.3, 0.4) is 0 Å². The zero-order chi connectivity index (χ0) is 20.5. The number of hydrogen-bond donors (Lipinski definition) is 1. The third-order valence-electron chi connectivity index (χ3n) is 4.90. The molecule has 0 saturated heterocycles. The van der Waals surface area contributed by atoms with Gasteiger partial charge in [-0.15, -0.1) is 16.4 Å². The van der Waals surface area contributed by atoms with Crippen LogP contribution in [0.5, 0.6) is 0 Å². The van der Waals surface area contributed by atoms with Gasteiger partial charge in [-0.05, 0) is 30.2 Å². The number of carbonyl (C=O) groups excluding carboxylic acids is 1. The molecule has 0 aliphatic heterocycles. The van der Waals surface area contributed by atoms with Crippen LogP contribution in [0.25, 0.3) is 21.8 Å². The fourth-order valence-electron chi connectivity index (χ4n) is 3.33. The Bertz CT molecular complexity index is 1290. The monoisotopic (exact) mass is 414 g/mol. The highest BCUT2D eigenvalue weighted by molar-refractivity contribution is 7.15. The summed E-state index contributed by atoms with van der Waals surface area (Å²) in [5.41, 5.74) is 4.92. The van der Waals surface area contributed by atoms with Crippen molar-refractivity contribution in [2.75, 3.05) is 0 Å². The van der Waals surface area contributed by atoms with Gasteiger partial charge < -0.3 is 5.32 Å². The molecule has 8 heteroatoms. The Kier molecular flexibility index (Phi) is 4.61. The van der Waals surface area contributed by atoms with Crippen LogP contribution in [0.15, 0.2) is 72.4 Å². The molecule has 5 rings (SSSR count). The fourth-order valence-corrected chi connectivity index (χ4v) is 4.04. The van der Waals surface area contributed by atoms with Crippen molar-refractivity contribution in [1.82, 2.24) is 29.7 Å². The molecule has 0 spiro atoms. The Morgan fingerprint density at radius 2 is 1.83 bits per heavy atom. The molecule has 0 unspecified atom stereocenters. The molecule has 3 aromatic heterocycles. The number of aromatic nitrogens is 5. The Morgan fingerprint density at radius 3 is 2.60 bits per heavy atom. The number of amides is 1. The topological polar surface area (TPSA) is 77.1 Å². The van der Waals surface area contributed by atoms with E-state index in [4.69, 9.17) is 0 Å². The zero-order valence-electron chi connectivity index (χ0n) is 16.2. The van der Waals surface area contributed by atoms with E-state index in [9.17, 15) is 4.79 Å². The zero-order valence-corrected chi connectivity index (χ0v) is 17.0. The molecule has 148 valence electrons. The number of nitrogens with zero attached hydrogens (tertiary/aromatic N) is 5. The highest BCUT2D eigenvalue weighted by Gasteiger charge is 2.17. The van der Waals surface area contributed by atoms with Crippen molar-refractivity contribution >= 4 is 22.2 Å². The summed E-state index contributed by atoms with van der Waals surface area (Å²) in [4.78, 5) is 18.0. The van der Waals surface area contributed by atoms with E-state index in [1.54, 1.807) is 16.0 Å². The number of rotatable bonds is 5. The van der Waals surface area contributed by atoms with Crippen molar-refractivity contribution < 1.29 is 4.79 Å². The lowest BCUT2D eigenvalue weighted by Crippen LogP contribution is -2.24. The SMILES string of the molecule is Cc1c(C(=O)NCc2cn3ccsc3n2)nnn1-c1ccc(-c2ccccc2)cc1. The van der Waals surface area contributed by atoms with Crippen molar-refractivity contribution in [2.45, 2.75) is 13.5 Å². The molecule has 2 aromatic carbocycles. The number of benzene rings is 2. The van der Waals surface area contributed by atoms with Gasteiger partial charge in [-0.2, -0.15) is 0 Å². The van der Waals surface area contributed by atoms with Gasteiger partial charge in [0.2, 0.25) is 0 Å². The summed E-state index contributed by atoms with van der Waals surface area (Å²) in [6.07, 6.45) is 3.85. The third kappa shape index (κ3) is 3.37. The second kappa shape index (κ2) is 7.57. The van der Waals surface area contributed by atoms with Gasteiger partial charge in [0, 0.05) is 17.8 Å². The minimum Gasteiger partial charge on any atom is -0.345 e. The van der Waals surface area contributed by atoms with Gasteiger partial charge in [0.15, 0.2) is 10.7 Å². The highest BCUT2D eigenvalue weighted by atomic mass is 32.1. The lowest BCUT2D eigenvalue weighted by Gasteiger charge is -2.06. The van der Waals surface area contributed by atoms with Crippen LogP contribution in [0, 0.1) is 6.92 Å². The first-order chi connectivity index (χ1) is 14.7. The maximum absolute atomic E-state index is 12.6. The van der Waals surface area contributed by atoms with Gasteiger partial charge in [-0.25, -0.2) is 9.67 Å². The molecule has 0 saturated carbocycles. The average Bonchev–Trinajstić information content (AvgIpc) is 3.48. The number of imidazole rings is 1. The van der Waals surface area contributed by atoms with Gasteiger partial charge in [-0.1, -0.05) is 47.7 Å². The minimum absolute atomic E-state index is 0.268. The van der Waals surface area contributed by atoms with Crippen LogP contribution in [0.4, 0.5) is 0 Å². The summed E-state index contributed by atoms with van der Waals surface area (Å²) in [5, 5.41) is 13.1. The molecule has 3 heterocycles. The quantitative estimate of drug-likeness (QED) is 0.473. The largest absolute Gasteiger partial charge is 0.345 e. The van der Waals surface area contributed by atoms with Gasteiger partial charge in [0.1, 0.15) is 0 Å². The van der Waals surface area contributed by atoms with E-state index in [0.717, 1.165) is 27.5 Å². The highest BCUT2D eigenvalue weighted by Crippen LogP contribution is 2.21. The summed E-state index contributed by atoms with van der Waals surface area (Å²) in [5.74, 6) is -0.268. The van der Waals surface area contributed by atoms with E-state index in [2.05, 4.69) is 32.7 Å². The first-order valence-corrected chi connectivity index (χ1v) is 10.3. The molecule has 0 radical (unpaired) electrons. The van der Waals surface area contributed by atoms with Crippen LogP contribution in [0.1, 0.15) is 21.9 Å². The van der Waals surface area contributed by atoms with Crippen LogP contribution < -0.4 is 5.32 Å². The maximum Gasteiger partial charge on any atom is 0.274 e. The van der Waals surface area contributed by atoms with Crippen molar-refractivity contribution in [3.05, 3.63) is 89.5 Å². The molecule has 1 N–H and O–H groups in total. The van der Waals surface area contributed by atoms with Crippen molar-refractivity contribution in [3.63, 3.8) is 0 Å². The van der Waals surface area contributed by atoms with Gasteiger partial charge >= 0.3 is 0 Å². The second-order valence-electron chi connectivity index (χ2n) is 6.86. The lowest BCUT2D eigenvalue weighted by molar-refractivity contribution is 0.0944. The standard InChI is InChI=1S/C22H18N6OS/c1-15-20(21(29)23-13-18-14-27-11-12-30-22(27)24-18)25-26-28(15)19-9-7-17(8-10-19)16-5-3-2-4-6-16/h2-12,14H,13H2,1H3,(H,23,29). The summed E-state index contributed by atoms with van der Waals surface area (Å²) >= 11 is 1.56. The predicted octanol–water partition coefficient (Wildman–Crippen LogP) is 3.88. The molecular weight excluding hydrogens is 396 g/mol. The fraction of sp³-hybridized carbons (Fsp3) is 0.0909. The second-order valence-corrected chi connectivity index (χ2v) is 7.73. The van der Waals surface area contributed by atoms with Crippen LogP contribution >= 0.6 is 11.3 Å². The lowest BCUT2D eigenvalue weighted by atomic mass is 10.1. The Balaban J connectivity index is 1.31. The predicted molar refractivity (Wildman–Crippen MR) is 116 cm³/mol. The smallest absolute Gasteiger partial charge is 0.274 e. The Labute approximate surface area is 176 Å². The summed E-state index contributed by atoms with van der Waals surface area (Å²) in [6, 6.07) is 18.2. The van der Waals surface area contributed by atoms with Crippen molar-refractivity contribution in [2.24, 2.45) is 0 Å². The number of nitrogens with one attached hydrogen (secondary N) is 1. The summed E-state index contributed by atoms with van der Waals surface area (Å²) < 4.78 is 3.61. The molecule has 30 heavy (non-hydrogen) atoms. The molecule has 0 aliphatic rings. The molecule has 7 nitrogen and oxygen atoms in total. The number of carbonyl (C=O) groups is 1. The third-order valence-corrected chi connectivity index (χ3v) is 5.67. The Morgan fingerprint density at radius 1 is 1.07 bits per heavy atom. The summed E-state index contributed by atoms with van der Waals surface area (Å²) in [6.45, 7) is 2.18. The molecule has 1 amide bonds. The van der Waals surface area contributed by atoms with E-state index < -0.39 is 0 Å². The van der Waals surface area contributed by atoms with Crippen molar-refractivity contribution in [1.29, 1.82) is 0 Å². The van der Waals surface area contributed by atoms with Crippen LogP contribution in [-0.2, 0) is 6.54 Å². The van der Waals surface area contributed by atoms with E-state index in [0.29, 0.717) is 17.9 Å². The molecular formula is C22H18N6OS. The van der Waals surface area contributed by atoms with E-state index in [1.165, 1.54) is 0 Å². The van der Waals surface area contributed by atoms with Gasteiger partial charge in [-0.3, -0.25) is 9.20 Å². The first-order valence-electron chi connectivity index (χ1n) is 9.46. The molecule has 5 aromatic rings. The van der Waals surface area contributed by atoms with Crippen molar-refractivity contribution in [3.8, 4) is 16.8 Å². The number of fused-ring (bicyclic) bond motifs is 1. The van der Waals surface area contributed by atoms with Gasteiger partial charge in [0.25, 0.3) is 5.91 Å². The van der Waals surface area contributed by atoms with E-state index in [-0.39, 0.29) is 5.91 Å². The van der Waals surface area contributed by atoms with Crippen LogP contribution in [0.2, 0.25) is 0 Å². The number of hydrogen-bond acceptors (Lipinski definition) is 5. The molecule has 0 atom stereocenters. The maximum atomic E-state index is 12.6. The molecule has 0 fully saturated rings. The Hall–Kier alpha value is -3.78. The van der Waals surface area contributed by atoms with Gasteiger partial charge in [0.05, 0.1) is 23.6 Å². The van der Waals surface area contributed by atoms with E-state index >= 15 is 0 Å². The minimum atomic E-state index is -0.268. The van der Waals surface area contributed by atoms with E-state index in [1.807, 2.05) is 71.6 Å². The average molecular weight is 414 g/mol. The molecule has 0 aliphatic carbocycles.